The zero-order valence-corrected chi connectivity index (χ0v) is 41.7. The standard InChI is InChI=1S/C49H79N5O16/c1-36(55)54-46-48(68-32-23-44(61)52-25-17-40(58)20-29-65-4)47(67-31-22-45(62)53-26-18-43(60)51-24-10-5-6-11-27-63-2)42(34-66-30-21-39(57)16-12-15-38(56)19-28-64-3)70-49(46)69-35-50-33-41(59)37-13-8-7-9-14-37/h7-9,13-14,42,46-50H,5-6,10-12,15-35H2,1-4H3,(H,51,60)(H,52,61)(H,53,62)(H,54,55)/t42?,46?,47-,48+,49+/m0/s1. The van der Waals surface area contributed by atoms with Crippen LogP contribution < -0.4 is 26.6 Å². The summed E-state index contributed by atoms with van der Waals surface area (Å²) in [5.74, 6) is -1.79. The van der Waals surface area contributed by atoms with E-state index in [9.17, 15) is 38.4 Å². The van der Waals surface area contributed by atoms with Gasteiger partial charge in [-0.1, -0.05) is 43.2 Å². The van der Waals surface area contributed by atoms with Crippen molar-refractivity contribution in [2.75, 3.05) is 100 Å². The van der Waals surface area contributed by atoms with Crippen LogP contribution in [-0.2, 0) is 71.5 Å². The van der Waals surface area contributed by atoms with Crippen LogP contribution >= 0.6 is 0 Å². The van der Waals surface area contributed by atoms with Gasteiger partial charge in [-0.25, -0.2) is 0 Å². The maximum Gasteiger partial charge on any atom is 0.222 e. The van der Waals surface area contributed by atoms with E-state index in [0.717, 1.165) is 25.7 Å². The van der Waals surface area contributed by atoms with Crippen molar-refractivity contribution in [1.82, 2.24) is 26.6 Å². The highest BCUT2D eigenvalue weighted by Gasteiger charge is 2.48. The fourth-order valence-corrected chi connectivity index (χ4v) is 7.12. The summed E-state index contributed by atoms with van der Waals surface area (Å²) in [6, 6.07) is 7.62. The van der Waals surface area contributed by atoms with E-state index in [0.29, 0.717) is 31.7 Å². The first-order chi connectivity index (χ1) is 33.9. The third-order valence-electron chi connectivity index (χ3n) is 10.9. The Labute approximate surface area is 412 Å². The number of ketones is 4. The molecule has 1 aliphatic rings. The Kier molecular flexibility index (Phi) is 34.4. The molecule has 1 heterocycles. The zero-order chi connectivity index (χ0) is 51.2. The lowest BCUT2D eigenvalue weighted by Gasteiger charge is -2.46. The average Bonchev–Trinajstić information content (AvgIpc) is 3.34. The van der Waals surface area contributed by atoms with Crippen molar-refractivity contribution in [2.24, 2.45) is 0 Å². The third kappa shape index (κ3) is 28.9. The van der Waals surface area contributed by atoms with Gasteiger partial charge in [0.15, 0.2) is 12.1 Å². The SMILES string of the molecule is COCCCCCCNC(=O)CCNC(=O)CCO[C@H]1C(COCCC(=O)CCCC(=O)CCOC)O[C@@H](OCNCC(=O)c2ccccc2)C(NC(C)=O)[C@H]1OCCC(=O)NCCC(=O)CCOC. The number of benzene rings is 1. The van der Waals surface area contributed by atoms with Gasteiger partial charge in [-0.2, -0.15) is 0 Å². The summed E-state index contributed by atoms with van der Waals surface area (Å²) in [4.78, 5) is 101. The molecule has 2 unspecified atom stereocenters. The van der Waals surface area contributed by atoms with Crippen molar-refractivity contribution in [3.63, 3.8) is 0 Å². The summed E-state index contributed by atoms with van der Waals surface area (Å²) >= 11 is 0. The van der Waals surface area contributed by atoms with Crippen LogP contribution in [0.3, 0.4) is 0 Å². The van der Waals surface area contributed by atoms with Crippen molar-refractivity contribution in [2.45, 2.75) is 127 Å². The molecule has 0 bridgehead atoms. The second-order valence-electron chi connectivity index (χ2n) is 16.7. The second-order valence-corrected chi connectivity index (χ2v) is 16.7. The maximum absolute atomic E-state index is 13.0. The highest BCUT2D eigenvalue weighted by atomic mass is 16.7. The molecular formula is C49H79N5O16. The van der Waals surface area contributed by atoms with Crippen LogP contribution in [0, 0.1) is 0 Å². The Hall–Kier alpha value is -4.58. The lowest BCUT2D eigenvalue weighted by Crippen LogP contribution is -2.66. The summed E-state index contributed by atoms with van der Waals surface area (Å²) in [5, 5.41) is 14.1. The Morgan fingerprint density at radius 1 is 0.543 bits per heavy atom. The van der Waals surface area contributed by atoms with Crippen molar-refractivity contribution in [1.29, 1.82) is 0 Å². The maximum atomic E-state index is 13.0. The molecule has 0 saturated carbocycles. The molecule has 0 aromatic heterocycles. The molecule has 1 aromatic rings. The number of methoxy groups -OCH3 is 3. The van der Waals surface area contributed by atoms with Gasteiger partial charge in [0, 0.05) is 118 Å². The first kappa shape index (κ1) is 61.5. The van der Waals surface area contributed by atoms with Gasteiger partial charge in [0.2, 0.25) is 23.6 Å². The molecule has 1 saturated heterocycles. The average molecular weight is 994 g/mol. The molecule has 21 nitrogen and oxygen atoms in total. The van der Waals surface area contributed by atoms with E-state index < -0.39 is 42.5 Å². The number of amides is 4. The number of carbonyl (C=O) groups is 8. The summed E-state index contributed by atoms with van der Waals surface area (Å²) in [6.07, 6.45) is 0.801. The van der Waals surface area contributed by atoms with Crippen LogP contribution in [-0.4, -0.2) is 178 Å². The van der Waals surface area contributed by atoms with Crippen LogP contribution in [0.2, 0.25) is 0 Å². The summed E-state index contributed by atoms with van der Waals surface area (Å²) in [5.41, 5.74) is 0.497. The molecule has 1 aliphatic heterocycles. The lowest BCUT2D eigenvalue weighted by molar-refractivity contribution is -0.287. The number of ether oxygens (including phenoxy) is 8. The minimum atomic E-state index is -1.23. The van der Waals surface area contributed by atoms with E-state index in [-0.39, 0.29) is 152 Å². The molecule has 2 rings (SSSR count). The van der Waals surface area contributed by atoms with Crippen LogP contribution in [0.4, 0.5) is 0 Å². The fraction of sp³-hybridized carbons (Fsp3) is 0.714. The molecular weight excluding hydrogens is 915 g/mol. The van der Waals surface area contributed by atoms with E-state index in [1.54, 1.807) is 37.4 Å². The molecule has 1 fully saturated rings. The van der Waals surface area contributed by atoms with Gasteiger partial charge >= 0.3 is 0 Å². The van der Waals surface area contributed by atoms with Crippen LogP contribution in [0.5, 0.6) is 0 Å². The Morgan fingerprint density at radius 2 is 1.10 bits per heavy atom. The number of hydrogen-bond donors (Lipinski definition) is 5. The van der Waals surface area contributed by atoms with E-state index in [4.69, 9.17) is 37.9 Å². The molecule has 5 atom stereocenters. The predicted molar refractivity (Wildman–Crippen MR) is 256 cm³/mol. The van der Waals surface area contributed by atoms with Gasteiger partial charge in [0.05, 0.1) is 46.2 Å². The van der Waals surface area contributed by atoms with E-state index >= 15 is 0 Å². The molecule has 396 valence electrons. The Morgan fingerprint density at radius 3 is 1.73 bits per heavy atom. The highest BCUT2D eigenvalue weighted by Crippen LogP contribution is 2.28. The predicted octanol–water partition coefficient (Wildman–Crippen LogP) is 1.91. The van der Waals surface area contributed by atoms with E-state index in [2.05, 4.69) is 26.6 Å². The summed E-state index contributed by atoms with van der Waals surface area (Å²) < 4.78 is 46.1. The van der Waals surface area contributed by atoms with Gasteiger partial charge in [-0.15, -0.1) is 0 Å². The van der Waals surface area contributed by atoms with Gasteiger partial charge in [0.1, 0.15) is 48.4 Å². The van der Waals surface area contributed by atoms with Gasteiger partial charge in [-0.3, -0.25) is 43.7 Å². The van der Waals surface area contributed by atoms with Gasteiger partial charge in [-0.05, 0) is 19.3 Å². The van der Waals surface area contributed by atoms with Crippen LogP contribution in [0.1, 0.15) is 107 Å². The summed E-state index contributed by atoms with van der Waals surface area (Å²) in [6.45, 7) is 2.57. The minimum Gasteiger partial charge on any atom is -0.385 e. The number of unbranched alkanes of at least 4 members (excludes halogenated alkanes) is 3. The number of hydrogen-bond acceptors (Lipinski definition) is 17. The topological polar surface area (TPSA) is 271 Å². The lowest BCUT2D eigenvalue weighted by atomic mass is 9.96. The van der Waals surface area contributed by atoms with Crippen molar-refractivity contribution in [3.05, 3.63) is 35.9 Å². The Balaban J connectivity index is 2.21. The fourth-order valence-electron chi connectivity index (χ4n) is 7.12. The van der Waals surface area contributed by atoms with E-state index in [1.165, 1.54) is 21.1 Å². The molecule has 0 spiro atoms. The summed E-state index contributed by atoms with van der Waals surface area (Å²) in [7, 11) is 4.68. The molecule has 70 heavy (non-hydrogen) atoms. The minimum absolute atomic E-state index is 0.00310. The number of carbonyl (C=O) groups excluding carboxylic acids is 8. The first-order valence-electron chi connectivity index (χ1n) is 24.3. The number of nitrogens with one attached hydrogen (secondary N) is 5. The van der Waals surface area contributed by atoms with Crippen LogP contribution in [0.25, 0.3) is 0 Å². The number of Topliss-reactive ketones (excluding diaryl/α,β-unsaturated/α-hetero) is 4. The van der Waals surface area contributed by atoms with Crippen molar-refractivity contribution >= 4 is 46.8 Å². The quantitative estimate of drug-likeness (QED) is 0.0355. The second kappa shape index (κ2) is 39.1. The largest absolute Gasteiger partial charge is 0.385 e. The Bertz CT molecular complexity index is 1690. The first-order valence-corrected chi connectivity index (χ1v) is 24.3. The third-order valence-corrected chi connectivity index (χ3v) is 10.9. The van der Waals surface area contributed by atoms with Crippen LogP contribution in [0.15, 0.2) is 30.3 Å². The molecule has 5 N–H and O–H groups in total. The molecule has 1 aromatic carbocycles. The van der Waals surface area contributed by atoms with Crippen molar-refractivity contribution < 1.29 is 76.3 Å². The molecule has 0 radical (unpaired) electrons. The van der Waals surface area contributed by atoms with Gasteiger partial charge in [0.25, 0.3) is 0 Å². The normalized spacial score (nSPS) is 17.6. The highest BCUT2D eigenvalue weighted by molar-refractivity contribution is 5.97. The number of rotatable bonds is 43. The van der Waals surface area contributed by atoms with Gasteiger partial charge < -0.3 is 59.2 Å². The van der Waals surface area contributed by atoms with Crippen molar-refractivity contribution in [3.8, 4) is 0 Å². The smallest absolute Gasteiger partial charge is 0.222 e. The molecule has 0 aliphatic carbocycles. The zero-order valence-electron chi connectivity index (χ0n) is 41.7. The molecule has 4 amide bonds. The van der Waals surface area contributed by atoms with E-state index in [1.807, 2.05) is 0 Å². The molecule has 21 heteroatoms. The monoisotopic (exact) mass is 994 g/mol.